The van der Waals surface area contributed by atoms with Crippen molar-refractivity contribution in [3.63, 3.8) is 0 Å². The summed E-state index contributed by atoms with van der Waals surface area (Å²) in [6, 6.07) is 1.74. The molecule has 1 unspecified atom stereocenters. The van der Waals surface area contributed by atoms with Gasteiger partial charge in [-0.1, -0.05) is 13.8 Å². The van der Waals surface area contributed by atoms with Crippen molar-refractivity contribution in [2.45, 2.75) is 51.9 Å². The summed E-state index contributed by atoms with van der Waals surface area (Å²) in [5.41, 5.74) is 1.57. The van der Waals surface area contributed by atoms with Crippen molar-refractivity contribution < 1.29 is 18.3 Å². The largest absolute Gasteiger partial charge is 0.390 e. The van der Waals surface area contributed by atoms with Gasteiger partial charge < -0.3 is 9.67 Å². The molecule has 1 N–H and O–H groups in total. The minimum atomic E-state index is -4.14. The summed E-state index contributed by atoms with van der Waals surface area (Å²) in [6.07, 6.45) is -2.50. The molecule has 102 valence electrons. The lowest BCUT2D eigenvalue weighted by atomic mass is 9.75. The zero-order valence-corrected chi connectivity index (χ0v) is 10.6. The average Bonchev–Trinajstić information content (AvgIpc) is 2.55. The van der Waals surface area contributed by atoms with E-state index in [9.17, 15) is 18.3 Å². The maximum atomic E-state index is 12.2. The third kappa shape index (κ3) is 2.88. The molecular formula is C13H18F3NO. The first-order valence-corrected chi connectivity index (χ1v) is 6.11. The second kappa shape index (κ2) is 4.30. The number of fused-ring (bicyclic) bond motifs is 1. The average molecular weight is 261 g/mol. The van der Waals surface area contributed by atoms with Crippen molar-refractivity contribution in [1.82, 2.24) is 4.57 Å². The molecule has 1 aliphatic carbocycles. The highest BCUT2D eigenvalue weighted by Crippen LogP contribution is 2.41. The summed E-state index contributed by atoms with van der Waals surface area (Å²) < 4.78 is 38.4. The molecular weight excluding hydrogens is 243 g/mol. The topological polar surface area (TPSA) is 25.2 Å². The fraction of sp³-hybridized carbons (Fsp3) is 0.692. The molecule has 0 saturated carbocycles. The lowest BCUT2D eigenvalue weighted by Crippen LogP contribution is -2.27. The van der Waals surface area contributed by atoms with E-state index in [-0.39, 0.29) is 12.0 Å². The smallest absolute Gasteiger partial charge is 0.388 e. The lowest BCUT2D eigenvalue weighted by Gasteiger charge is -2.34. The second-order valence-electron chi connectivity index (χ2n) is 5.84. The molecule has 1 aromatic heterocycles. The quantitative estimate of drug-likeness (QED) is 0.866. The minimum Gasteiger partial charge on any atom is -0.388 e. The molecule has 0 aromatic carbocycles. The first-order valence-electron chi connectivity index (χ1n) is 6.11. The van der Waals surface area contributed by atoms with Crippen LogP contribution in [-0.2, 0) is 13.0 Å². The van der Waals surface area contributed by atoms with Crippen molar-refractivity contribution in [2.75, 3.05) is 0 Å². The van der Waals surface area contributed by atoms with Crippen molar-refractivity contribution in [1.29, 1.82) is 0 Å². The molecule has 2 rings (SSSR count). The summed E-state index contributed by atoms with van der Waals surface area (Å²) in [5.74, 6) is 0. The van der Waals surface area contributed by atoms with Gasteiger partial charge in [0, 0.05) is 24.0 Å². The molecule has 0 fully saturated rings. The van der Waals surface area contributed by atoms with Crippen LogP contribution in [0.25, 0.3) is 0 Å². The highest BCUT2D eigenvalue weighted by Gasteiger charge is 2.34. The Morgan fingerprint density at radius 2 is 2.11 bits per heavy atom. The van der Waals surface area contributed by atoms with Gasteiger partial charge in [-0.2, -0.15) is 13.2 Å². The maximum Gasteiger partial charge on any atom is 0.390 e. The zero-order valence-electron chi connectivity index (χ0n) is 10.6. The molecule has 0 spiro atoms. The van der Waals surface area contributed by atoms with Gasteiger partial charge in [0.1, 0.15) is 0 Å². The Bertz CT molecular complexity index is 434. The van der Waals surface area contributed by atoms with Gasteiger partial charge in [-0.05, 0) is 24.3 Å². The predicted molar refractivity (Wildman–Crippen MR) is 62.2 cm³/mol. The van der Waals surface area contributed by atoms with Crippen LogP contribution >= 0.6 is 0 Å². The monoisotopic (exact) mass is 261 g/mol. The minimum absolute atomic E-state index is 0.0678. The van der Waals surface area contributed by atoms with E-state index in [2.05, 4.69) is 0 Å². The van der Waals surface area contributed by atoms with Crippen LogP contribution in [-0.4, -0.2) is 15.8 Å². The lowest BCUT2D eigenvalue weighted by molar-refractivity contribution is -0.136. The zero-order chi connectivity index (χ0) is 13.6. The van der Waals surface area contributed by atoms with Gasteiger partial charge in [0.2, 0.25) is 0 Å². The standard InChI is InChI=1S/C13H18F3NO/c1-12(2)7-10-9(11(18)8-12)3-5-17(10)6-4-13(14,15)16/h3,5,11,18H,4,6-8H2,1-2H3. The van der Waals surface area contributed by atoms with E-state index in [1.54, 1.807) is 16.8 Å². The van der Waals surface area contributed by atoms with Crippen LogP contribution in [0.15, 0.2) is 12.3 Å². The molecule has 2 nitrogen and oxygen atoms in total. The van der Waals surface area contributed by atoms with Crippen LogP contribution < -0.4 is 0 Å². The molecule has 18 heavy (non-hydrogen) atoms. The first-order chi connectivity index (χ1) is 8.18. The number of alkyl halides is 3. The van der Waals surface area contributed by atoms with E-state index in [0.29, 0.717) is 12.8 Å². The van der Waals surface area contributed by atoms with Gasteiger partial charge in [0.15, 0.2) is 0 Å². The van der Waals surface area contributed by atoms with E-state index < -0.39 is 18.7 Å². The molecule has 1 aliphatic rings. The van der Waals surface area contributed by atoms with E-state index in [0.717, 1.165) is 11.3 Å². The normalized spacial score (nSPS) is 22.9. The third-order valence-electron chi connectivity index (χ3n) is 3.50. The molecule has 0 radical (unpaired) electrons. The van der Waals surface area contributed by atoms with Crippen molar-refractivity contribution in [2.24, 2.45) is 5.41 Å². The van der Waals surface area contributed by atoms with Crippen LogP contribution in [0.2, 0.25) is 0 Å². The molecule has 0 bridgehead atoms. The third-order valence-corrected chi connectivity index (χ3v) is 3.50. The number of halogens is 3. The summed E-state index contributed by atoms with van der Waals surface area (Å²) >= 11 is 0. The summed E-state index contributed by atoms with van der Waals surface area (Å²) in [5, 5.41) is 10.0. The van der Waals surface area contributed by atoms with Crippen LogP contribution in [0.3, 0.4) is 0 Å². The highest BCUT2D eigenvalue weighted by atomic mass is 19.4. The number of aliphatic hydroxyl groups is 1. The summed E-state index contributed by atoms with van der Waals surface area (Å²) in [4.78, 5) is 0. The van der Waals surface area contributed by atoms with Crippen LogP contribution in [0, 0.1) is 5.41 Å². The Morgan fingerprint density at radius 1 is 1.44 bits per heavy atom. The maximum absolute atomic E-state index is 12.2. The number of aryl methyl sites for hydroxylation is 1. The molecule has 1 atom stereocenters. The van der Waals surface area contributed by atoms with E-state index in [1.165, 1.54) is 0 Å². The Hall–Kier alpha value is -0.970. The molecule has 1 aromatic rings. The second-order valence-corrected chi connectivity index (χ2v) is 5.84. The van der Waals surface area contributed by atoms with Crippen molar-refractivity contribution in [3.05, 3.63) is 23.5 Å². The SMILES string of the molecule is CC1(C)Cc2c(ccn2CCC(F)(F)F)C(O)C1. The van der Waals surface area contributed by atoms with Crippen LogP contribution in [0.1, 0.15) is 44.1 Å². The summed E-state index contributed by atoms with van der Waals surface area (Å²) in [6.45, 7) is 3.99. The number of rotatable bonds is 2. The molecule has 1 heterocycles. The number of hydrogen-bond donors (Lipinski definition) is 1. The van der Waals surface area contributed by atoms with E-state index in [1.807, 2.05) is 13.8 Å². The van der Waals surface area contributed by atoms with Gasteiger partial charge >= 0.3 is 6.18 Å². The fourth-order valence-electron chi connectivity index (χ4n) is 2.64. The van der Waals surface area contributed by atoms with Crippen LogP contribution in [0.4, 0.5) is 13.2 Å². The van der Waals surface area contributed by atoms with E-state index >= 15 is 0 Å². The highest BCUT2D eigenvalue weighted by molar-refractivity contribution is 5.29. The molecule has 0 saturated heterocycles. The Kier molecular flexibility index (Phi) is 3.21. The van der Waals surface area contributed by atoms with Crippen molar-refractivity contribution >= 4 is 0 Å². The Balaban J connectivity index is 2.20. The first kappa shape index (κ1) is 13.5. The van der Waals surface area contributed by atoms with E-state index in [4.69, 9.17) is 0 Å². The Morgan fingerprint density at radius 3 is 2.72 bits per heavy atom. The number of aromatic nitrogens is 1. The fourth-order valence-corrected chi connectivity index (χ4v) is 2.64. The Labute approximate surface area is 104 Å². The number of aliphatic hydroxyl groups excluding tert-OH is 1. The number of nitrogens with zero attached hydrogens (tertiary/aromatic N) is 1. The van der Waals surface area contributed by atoms with Gasteiger partial charge in [-0.15, -0.1) is 0 Å². The summed E-state index contributed by atoms with van der Waals surface area (Å²) in [7, 11) is 0. The predicted octanol–water partition coefficient (Wildman–Crippen LogP) is 3.45. The molecule has 5 heteroatoms. The van der Waals surface area contributed by atoms with Gasteiger partial charge in [-0.25, -0.2) is 0 Å². The number of hydrogen-bond acceptors (Lipinski definition) is 1. The molecule has 0 aliphatic heterocycles. The van der Waals surface area contributed by atoms with Crippen molar-refractivity contribution in [3.8, 4) is 0 Å². The van der Waals surface area contributed by atoms with Gasteiger partial charge in [0.05, 0.1) is 12.5 Å². The van der Waals surface area contributed by atoms with Crippen LogP contribution in [0.5, 0.6) is 0 Å². The molecule has 0 amide bonds. The van der Waals surface area contributed by atoms with Gasteiger partial charge in [0.25, 0.3) is 0 Å². The van der Waals surface area contributed by atoms with Gasteiger partial charge in [-0.3, -0.25) is 0 Å².